The van der Waals surface area contributed by atoms with Gasteiger partial charge in [0.25, 0.3) is 0 Å². The van der Waals surface area contributed by atoms with Crippen molar-refractivity contribution in [3.8, 4) is 0 Å². The third-order valence-electron chi connectivity index (χ3n) is 3.32. The number of ether oxygens (including phenoxy) is 1. The number of nitrogens with zero attached hydrogens (tertiary/aromatic N) is 1. The van der Waals surface area contributed by atoms with Crippen molar-refractivity contribution in [1.29, 1.82) is 0 Å². The maximum atomic E-state index is 5.96. The number of hydrogen-bond donors (Lipinski definition) is 2. The first-order valence-corrected chi connectivity index (χ1v) is 7.59. The van der Waals surface area contributed by atoms with Gasteiger partial charge in [-0.1, -0.05) is 23.8 Å². The van der Waals surface area contributed by atoms with Gasteiger partial charge in [0.2, 0.25) is 0 Å². The number of halogens is 1. The second kappa shape index (κ2) is 7.78. The van der Waals surface area contributed by atoms with Gasteiger partial charge in [0.1, 0.15) is 4.99 Å². The number of hydrogen-bond acceptors (Lipinski definition) is 4. The first-order valence-electron chi connectivity index (χ1n) is 6.80. The molecule has 0 radical (unpaired) electrons. The Bertz CT molecular complexity index is 464. The molecular weight excluding hydrogens is 294 g/mol. The van der Waals surface area contributed by atoms with Crippen LogP contribution in [0.2, 0.25) is 5.02 Å². The van der Waals surface area contributed by atoms with Crippen LogP contribution in [0.15, 0.2) is 18.2 Å². The van der Waals surface area contributed by atoms with E-state index in [-0.39, 0.29) is 0 Å². The Labute approximate surface area is 130 Å². The average molecular weight is 314 g/mol. The highest BCUT2D eigenvalue weighted by Gasteiger charge is 2.10. The number of nitrogens with one attached hydrogen (secondary N) is 1. The fourth-order valence-electron chi connectivity index (χ4n) is 2.22. The van der Waals surface area contributed by atoms with E-state index in [1.807, 2.05) is 12.1 Å². The van der Waals surface area contributed by atoms with Crippen molar-refractivity contribution in [1.82, 2.24) is 4.90 Å². The van der Waals surface area contributed by atoms with Crippen molar-refractivity contribution < 1.29 is 4.74 Å². The van der Waals surface area contributed by atoms with E-state index in [1.54, 1.807) is 6.07 Å². The van der Waals surface area contributed by atoms with Crippen molar-refractivity contribution in [2.24, 2.45) is 5.73 Å². The van der Waals surface area contributed by atoms with Crippen LogP contribution in [0, 0.1) is 0 Å². The SMILES string of the molecule is NC(=S)c1cc(Cl)ccc1NCCCN1CCOCC1. The lowest BCUT2D eigenvalue weighted by Crippen LogP contribution is -2.37. The second-order valence-corrected chi connectivity index (χ2v) is 5.66. The van der Waals surface area contributed by atoms with Crippen LogP contribution in [0.25, 0.3) is 0 Å². The highest BCUT2D eigenvalue weighted by Crippen LogP contribution is 2.20. The third-order valence-corrected chi connectivity index (χ3v) is 3.77. The molecule has 0 unspecified atom stereocenters. The molecule has 1 aliphatic heterocycles. The highest BCUT2D eigenvalue weighted by atomic mass is 35.5. The summed E-state index contributed by atoms with van der Waals surface area (Å²) in [5, 5.41) is 4.02. The molecule has 0 amide bonds. The predicted molar refractivity (Wildman–Crippen MR) is 87.7 cm³/mol. The maximum Gasteiger partial charge on any atom is 0.106 e. The van der Waals surface area contributed by atoms with E-state index in [0.29, 0.717) is 10.0 Å². The zero-order chi connectivity index (χ0) is 14.4. The van der Waals surface area contributed by atoms with E-state index < -0.39 is 0 Å². The zero-order valence-corrected chi connectivity index (χ0v) is 13.0. The highest BCUT2D eigenvalue weighted by molar-refractivity contribution is 7.80. The number of anilines is 1. The Hall–Kier alpha value is -0.880. The van der Waals surface area contributed by atoms with E-state index in [9.17, 15) is 0 Å². The Kier molecular flexibility index (Phi) is 6.04. The Morgan fingerprint density at radius 2 is 2.15 bits per heavy atom. The van der Waals surface area contributed by atoms with Crippen molar-refractivity contribution >= 4 is 34.5 Å². The summed E-state index contributed by atoms with van der Waals surface area (Å²) in [4.78, 5) is 2.78. The lowest BCUT2D eigenvalue weighted by molar-refractivity contribution is 0.0378. The summed E-state index contributed by atoms with van der Waals surface area (Å²) < 4.78 is 5.33. The fourth-order valence-corrected chi connectivity index (χ4v) is 2.57. The summed E-state index contributed by atoms with van der Waals surface area (Å²) in [6.07, 6.45) is 1.07. The van der Waals surface area contributed by atoms with Gasteiger partial charge in [-0.05, 0) is 31.2 Å². The molecule has 20 heavy (non-hydrogen) atoms. The molecule has 1 saturated heterocycles. The summed E-state index contributed by atoms with van der Waals surface area (Å²) in [5.41, 5.74) is 7.47. The number of morpholine rings is 1. The molecule has 4 nitrogen and oxygen atoms in total. The standard InChI is InChI=1S/C14H20ClN3OS/c15-11-2-3-13(12(10-11)14(16)20)17-4-1-5-18-6-8-19-9-7-18/h2-3,10,17H,1,4-9H2,(H2,16,20). The summed E-state index contributed by atoms with van der Waals surface area (Å²) >= 11 is 11.0. The molecule has 6 heteroatoms. The molecule has 0 aliphatic carbocycles. The molecule has 0 saturated carbocycles. The minimum absolute atomic E-state index is 0.364. The summed E-state index contributed by atoms with van der Waals surface area (Å²) in [6, 6.07) is 5.56. The molecular formula is C14H20ClN3OS. The smallest absolute Gasteiger partial charge is 0.106 e. The van der Waals surface area contributed by atoms with Crippen LogP contribution < -0.4 is 11.1 Å². The second-order valence-electron chi connectivity index (χ2n) is 4.79. The molecule has 0 spiro atoms. The average Bonchev–Trinajstić information content (AvgIpc) is 2.45. The van der Waals surface area contributed by atoms with Gasteiger partial charge in [-0.3, -0.25) is 4.90 Å². The van der Waals surface area contributed by atoms with E-state index >= 15 is 0 Å². The lowest BCUT2D eigenvalue weighted by atomic mass is 10.1. The Balaban J connectivity index is 1.80. The van der Waals surface area contributed by atoms with E-state index in [2.05, 4.69) is 10.2 Å². The molecule has 3 N–H and O–H groups in total. The number of thiocarbonyl (C=S) groups is 1. The molecule has 2 rings (SSSR count). The van der Waals surface area contributed by atoms with Crippen molar-refractivity contribution in [2.45, 2.75) is 6.42 Å². The summed E-state index contributed by atoms with van der Waals surface area (Å²) in [6.45, 7) is 5.70. The Morgan fingerprint density at radius 3 is 2.85 bits per heavy atom. The van der Waals surface area contributed by atoms with Crippen LogP contribution in [0.1, 0.15) is 12.0 Å². The van der Waals surface area contributed by atoms with Crippen molar-refractivity contribution in [3.05, 3.63) is 28.8 Å². The van der Waals surface area contributed by atoms with Crippen LogP contribution in [-0.2, 0) is 4.74 Å². The van der Waals surface area contributed by atoms with Gasteiger partial charge in [0, 0.05) is 35.9 Å². The monoisotopic (exact) mass is 313 g/mol. The van der Waals surface area contributed by atoms with E-state index in [0.717, 1.165) is 57.1 Å². The summed E-state index contributed by atoms with van der Waals surface area (Å²) in [7, 11) is 0. The predicted octanol–water partition coefficient (Wildman–Crippen LogP) is 2.11. The molecule has 0 bridgehead atoms. The van der Waals surface area contributed by atoms with Gasteiger partial charge >= 0.3 is 0 Å². The van der Waals surface area contributed by atoms with E-state index in [1.165, 1.54) is 0 Å². The van der Waals surface area contributed by atoms with Crippen LogP contribution in [-0.4, -0.2) is 49.3 Å². The molecule has 110 valence electrons. The van der Waals surface area contributed by atoms with Gasteiger partial charge < -0.3 is 15.8 Å². The Morgan fingerprint density at radius 1 is 1.40 bits per heavy atom. The van der Waals surface area contributed by atoms with Crippen LogP contribution in [0.3, 0.4) is 0 Å². The van der Waals surface area contributed by atoms with Crippen LogP contribution in [0.4, 0.5) is 5.69 Å². The normalized spacial score (nSPS) is 16.1. The number of nitrogens with two attached hydrogens (primary N) is 1. The van der Waals surface area contributed by atoms with Crippen LogP contribution >= 0.6 is 23.8 Å². The molecule has 0 aromatic heterocycles. The minimum Gasteiger partial charge on any atom is -0.389 e. The molecule has 1 heterocycles. The third kappa shape index (κ3) is 4.59. The quantitative estimate of drug-likeness (QED) is 0.622. The fraction of sp³-hybridized carbons (Fsp3) is 0.500. The maximum absolute atomic E-state index is 5.96. The molecule has 0 atom stereocenters. The van der Waals surface area contributed by atoms with Gasteiger partial charge in [0.05, 0.1) is 13.2 Å². The topological polar surface area (TPSA) is 50.5 Å². The first kappa shape index (κ1) is 15.5. The van der Waals surface area contributed by atoms with E-state index in [4.69, 9.17) is 34.3 Å². The lowest BCUT2D eigenvalue weighted by Gasteiger charge is -2.26. The van der Waals surface area contributed by atoms with Crippen LogP contribution in [0.5, 0.6) is 0 Å². The van der Waals surface area contributed by atoms with Gasteiger partial charge in [-0.2, -0.15) is 0 Å². The molecule has 1 aromatic rings. The first-order chi connectivity index (χ1) is 9.66. The van der Waals surface area contributed by atoms with Gasteiger partial charge in [0.15, 0.2) is 0 Å². The van der Waals surface area contributed by atoms with Gasteiger partial charge in [-0.15, -0.1) is 0 Å². The molecule has 1 aromatic carbocycles. The summed E-state index contributed by atoms with van der Waals surface area (Å²) in [5.74, 6) is 0. The minimum atomic E-state index is 0.364. The molecule has 1 fully saturated rings. The largest absolute Gasteiger partial charge is 0.389 e. The number of rotatable bonds is 6. The van der Waals surface area contributed by atoms with Crippen molar-refractivity contribution in [3.63, 3.8) is 0 Å². The zero-order valence-electron chi connectivity index (χ0n) is 11.4. The molecule has 1 aliphatic rings. The van der Waals surface area contributed by atoms with Gasteiger partial charge in [-0.25, -0.2) is 0 Å². The number of benzene rings is 1. The van der Waals surface area contributed by atoms with Crippen molar-refractivity contribution in [2.75, 3.05) is 44.7 Å².